The molecule has 48 heavy (non-hydrogen) atoms. The second kappa shape index (κ2) is 13.7. The first-order valence-corrected chi connectivity index (χ1v) is 17.8. The zero-order valence-corrected chi connectivity index (χ0v) is 30.7. The van der Waals surface area contributed by atoms with E-state index in [1.54, 1.807) is 11.0 Å². The first-order valence-electron chi connectivity index (χ1n) is 17.0. The summed E-state index contributed by atoms with van der Waals surface area (Å²) in [6.45, 7) is 14.0. The molecule has 4 heterocycles. The highest BCUT2D eigenvalue weighted by molar-refractivity contribution is 9.11. The van der Waals surface area contributed by atoms with Crippen LogP contribution in [0.2, 0.25) is 0 Å². The normalized spacial score (nSPS) is 31.5. The van der Waals surface area contributed by atoms with Gasteiger partial charge in [-0.3, -0.25) is 19.2 Å². The summed E-state index contributed by atoms with van der Waals surface area (Å²) in [5.74, 6) is -3.72. The third-order valence-corrected chi connectivity index (χ3v) is 10.8. The largest absolute Gasteiger partial charge is 0.463 e. The molecule has 262 valence electrons. The number of nitrogens with zero attached hydrogens (tertiary/aromatic N) is 2. The fourth-order valence-electron chi connectivity index (χ4n) is 8.31. The maximum absolute atomic E-state index is 15.2. The van der Waals surface area contributed by atoms with Gasteiger partial charge in [0.25, 0.3) is 0 Å². The molecular weight excluding hydrogens is 678 g/mol. The molecule has 0 aliphatic carbocycles. The number of likely N-dealkylation sites (tertiary alicyclic amines) is 1. The molecule has 5 bridgehead atoms. The number of carbonyl (C=O) groups excluding carboxylic acids is 4. The molecule has 0 radical (unpaired) electrons. The molecule has 0 saturated carbocycles. The van der Waals surface area contributed by atoms with Gasteiger partial charge in [0, 0.05) is 23.0 Å². The molecule has 2 fully saturated rings. The Balaban J connectivity index is 1.66. The van der Waals surface area contributed by atoms with Crippen molar-refractivity contribution in [1.82, 2.24) is 15.1 Å². The number of nitrogens with one attached hydrogen (secondary N) is 1. The molecule has 7 atom stereocenters. The van der Waals surface area contributed by atoms with Gasteiger partial charge in [-0.15, -0.1) is 0 Å². The van der Waals surface area contributed by atoms with Crippen LogP contribution in [0.3, 0.4) is 0 Å². The van der Waals surface area contributed by atoms with Crippen LogP contribution in [0.25, 0.3) is 0 Å². The Hall–Kier alpha value is -3.02. The van der Waals surface area contributed by atoms with Gasteiger partial charge < -0.3 is 29.7 Å². The molecule has 2 saturated heterocycles. The Morgan fingerprint density at radius 3 is 2.35 bits per heavy atom. The molecule has 2 N–H and O–H groups in total. The summed E-state index contributed by atoms with van der Waals surface area (Å²) in [5.41, 5.74) is -1.49. The third kappa shape index (κ3) is 6.74. The maximum Gasteiger partial charge on any atom is 0.306 e. The number of halogens is 1. The number of carbonyl (C=O) groups is 4. The van der Waals surface area contributed by atoms with Gasteiger partial charge >= 0.3 is 5.97 Å². The summed E-state index contributed by atoms with van der Waals surface area (Å²) >= 11 is 3.63. The lowest BCUT2D eigenvalue weighted by atomic mass is 9.73. The van der Waals surface area contributed by atoms with E-state index in [-0.39, 0.29) is 43.4 Å². The average molecular weight is 729 g/mol. The van der Waals surface area contributed by atoms with Crippen LogP contribution < -0.4 is 5.32 Å². The third-order valence-electron chi connectivity index (χ3n) is 10.1. The average Bonchev–Trinajstić information content (AvgIpc) is 3.59. The van der Waals surface area contributed by atoms with Crippen molar-refractivity contribution >= 4 is 39.6 Å². The van der Waals surface area contributed by atoms with Gasteiger partial charge in [0.15, 0.2) is 0 Å². The summed E-state index contributed by atoms with van der Waals surface area (Å²) < 4.78 is 13.0. The van der Waals surface area contributed by atoms with Crippen molar-refractivity contribution in [3.63, 3.8) is 0 Å². The van der Waals surface area contributed by atoms with E-state index in [4.69, 9.17) is 9.47 Å². The number of cyclic esters (lactones) is 1. The van der Waals surface area contributed by atoms with E-state index < -0.39 is 65.0 Å². The highest BCUT2D eigenvalue weighted by Crippen LogP contribution is 2.59. The predicted molar refractivity (Wildman–Crippen MR) is 184 cm³/mol. The lowest BCUT2D eigenvalue weighted by molar-refractivity contribution is -0.155. The van der Waals surface area contributed by atoms with Crippen LogP contribution in [0.1, 0.15) is 79.3 Å². The van der Waals surface area contributed by atoms with Crippen LogP contribution in [-0.4, -0.2) is 87.7 Å². The highest BCUT2D eigenvalue weighted by atomic mass is 79.9. The number of ether oxygens (including phenoxy) is 2. The Labute approximate surface area is 292 Å². The first kappa shape index (κ1) is 36.3. The van der Waals surface area contributed by atoms with Crippen LogP contribution >= 0.6 is 15.9 Å². The number of aliphatic hydroxyl groups excluding tert-OH is 1. The number of benzene rings is 1. The van der Waals surface area contributed by atoms with Gasteiger partial charge in [0.1, 0.15) is 24.4 Å². The van der Waals surface area contributed by atoms with Crippen LogP contribution in [0.4, 0.5) is 0 Å². The fraction of sp³-hybridized carbons (Fsp3) is 0.622. The Bertz CT molecular complexity index is 1470. The van der Waals surface area contributed by atoms with Crippen molar-refractivity contribution in [2.24, 2.45) is 23.2 Å². The van der Waals surface area contributed by atoms with Crippen molar-refractivity contribution in [3.8, 4) is 0 Å². The van der Waals surface area contributed by atoms with Gasteiger partial charge in [-0.2, -0.15) is 0 Å². The number of allylic oxidation sites excluding steroid dienone is 1. The zero-order chi connectivity index (χ0) is 35.2. The number of aliphatic hydroxyl groups is 1. The summed E-state index contributed by atoms with van der Waals surface area (Å²) in [6, 6.07) is 6.75. The molecule has 0 aromatic heterocycles. The van der Waals surface area contributed by atoms with E-state index in [2.05, 4.69) is 42.0 Å². The van der Waals surface area contributed by atoms with Gasteiger partial charge in [-0.25, -0.2) is 0 Å². The van der Waals surface area contributed by atoms with Crippen molar-refractivity contribution < 1.29 is 33.8 Å². The molecule has 4 aliphatic rings. The number of fused-ring (bicyclic) bond motifs is 2. The van der Waals surface area contributed by atoms with E-state index in [0.717, 1.165) is 5.56 Å². The summed E-state index contributed by atoms with van der Waals surface area (Å²) in [7, 11) is 0. The summed E-state index contributed by atoms with van der Waals surface area (Å²) in [4.78, 5) is 60.5. The van der Waals surface area contributed by atoms with E-state index in [9.17, 15) is 19.5 Å². The van der Waals surface area contributed by atoms with E-state index in [1.807, 2.05) is 70.2 Å². The smallest absolute Gasteiger partial charge is 0.306 e. The van der Waals surface area contributed by atoms with Crippen LogP contribution in [0.15, 0.2) is 53.0 Å². The van der Waals surface area contributed by atoms with Gasteiger partial charge in [0.05, 0.1) is 30.5 Å². The molecule has 11 heteroatoms. The van der Waals surface area contributed by atoms with E-state index in [0.29, 0.717) is 17.3 Å². The highest BCUT2D eigenvalue weighted by Gasteiger charge is 2.75. The molecule has 10 nitrogen and oxygen atoms in total. The molecule has 5 rings (SSSR count). The van der Waals surface area contributed by atoms with Crippen LogP contribution in [-0.2, 0) is 28.7 Å². The lowest BCUT2D eigenvalue weighted by Crippen LogP contribution is -2.63. The number of hydrogen-bond acceptors (Lipinski definition) is 7. The van der Waals surface area contributed by atoms with Gasteiger partial charge in [0.2, 0.25) is 17.7 Å². The Kier molecular flexibility index (Phi) is 10.4. The van der Waals surface area contributed by atoms with E-state index in [1.165, 1.54) is 4.90 Å². The van der Waals surface area contributed by atoms with E-state index >= 15 is 4.79 Å². The molecule has 1 spiro atoms. The predicted octanol–water partition coefficient (Wildman–Crippen LogP) is 4.67. The van der Waals surface area contributed by atoms with Crippen molar-refractivity contribution in [2.45, 2.75) is 103 Å². The number of amides is 3. The Morgan fingerprint density at radius 1 is 1.04 bits per heavy atom. The van der Waals surface area contributed by atoms with Crippen molar-refractivity contribution in [2.75, 3.05) is 19.8 Å². The lowest BCUT2D eigenvalue weighted by Gasteiger charge is -2.46. The minimum absolute atomic E-state index is 0.0841. The first-order chi connectivity index (χ1) is 22.5. The molecular formula is C37H50BrN3O7. The van der Waals surface area contributed by atoms with Crippen LogP contribution in [0.5, 0.6) is 0 Å². The molecule has 1 aromatic rings. The minimum Gasteiger partial charge on any atom is -0.463 e. The van der Waals surface area contributed by atoms with Crippen LogP contribution in [0, 0.1) is 23.2 Å². The summed E-state index contributed by atoms with van der Waals surface area (Å²) in [6.07, 6.45) is 5.97. The quantitative estimate of drug-likeness (QED) is 0.322. The number of esters is 1. The standard InChI is InChI=1S/C37H50BrN3O7/c1-22(2)26(19-42)41-31-34(46)40(36(6,7)21-35(3,4)5)17-13-9-12-16-27(43)47-20-25(23-14-10-8-11-15-23)39-32(44)28-29(33(41)45)37(31)18-24(38)30(28)48-37/h8-11,13-15,18,22,25-26,28-31,42H,12,16-17,19-21H2,1-7H3,(H,39,44)/b13-9-/t25-,26-,28-,29+,30-,31-,37+/m0/s1. The molecule has 4 aliphatic heterocycles. The maximum atomic E-state index is 15.2. The molecule has 3 amide bonds. The fourth-order valence-corrected chi connectivity index (χ4v) is 9.05. The topological polar surface area (TPSA) is 125 Å². The molecule has 0 unspecified atom stereocenters. The number of hydrogen-bond donors (Lipinski definition) is 2. The second-order valence-corrected chi connectivity index (χ2v) is 16.6. The minimum atomic E-state index is -1.44. The molecule has 1 aromatic carbocycles. The van der Waals surface area contributed by atoms with Crippen molar-refractivity contribution in [1.29, 1.82) is 0 Å². The van der Waals surface area contributed by atoms with Gasteiger partial charge in [-0.1, -0.05) is 93.0 Å². The number of rotatable bonds is 6. The zero-order valence-electron chi connectivity index (χ0n) is 29.1. The second-order valence-electron chi connectivity index (χ2n) is 15.7. The van der Waals surface area contributed by atoms with Gasteiger partial charge in [-0.05, 0) is 49.7 Å². The Morgan fingerprint density at radius 2 is 1.73 bits per heavy atom. The van der Waals surface area contributed by atoms with Crippen molar-refractivity contribution in [3.05, 3.63) is 58.6 Å². The monoisotopic (exact) mass is 727 g/mol. The summed E-state index contributed by atoms with van der Waals surface area (Å²) in [5, 5.41) is 13.7. The SMILES string of the molecule is CC(C)[C@H](CO)N1C(=O)[C@H]2[C@@H]3C(=O)N[C@H](c4ccccc4)COC(=O)CC/C=C\CN(C(C)(C)CC(C)(C)C)C(=O)[C@H]1[C@@]21C=C(Br)[C@@H]3O1.